The number of alkyl halides is 3. The Bertz CT molecular complexity index is 362. The van der Waals surface area contributed by atoms with E-state index in [-0.39, 0.29) is 0 Å². The van der Waals surface area contributed by atoms with Gasteiger partial charge in [-0.2, -0.15) is 13.2 Å². The van der Waals surface area contributed by atoms with E-state index >= 15 is 0 Å². The van der Waals surface area contributed by atoms with Crippen LogP contribution in [0.5, 0.6) is 0 Å². The Morgan fingerprint density at radius 3 is 2.44 bits per heavy atom. The second-order valence-corrected chi connectivity index (χ2v) is 3.55. The van der Waals surface area contributed by atoms with Crippen LogP contribution in [-0.4, -0.2) is 6.18 Å². The lowest BCUT2D eigenvalue weighted by Gasteiger charge is -2.18. The first kappa shape index (κ1) is 12.9. The minimum Gasteiger partial charge on any atom is -0.271 e. The van der Waals surface area contributed by atoms with Crippen molar-refractivity contribution in [3.05, 3.63) is 35.1 Å². The predicted octanol–water partition coefficient (Wildman–Crippen LogP) is 2.59. The molecule has 0 saturated carbocycles. The zero-order chi connectivity index (χ0) is 12.3. The molecule has 3 N–H and O–H groups in total. The lowest BCUT2D eigenvalue weighted by atomic mass is 10.0. The summed E-state index contributed by atoms with van der Waals surface area (Å²) in [5.74, 6) is 4.60. The average molecular weight is 236 g/mol. The van der Waals surface area contributed by atoms with Crippen LogP contribution in [0.3, 0.4) is 0 Å². The largest absolute Gasteiger partial charge is 0.390 e. The first-order valence-corrected chi connectivity index (χ1v) is 4.62. The highest BCUT2D eigenvalue weighted by Crippen LogP contribution is 2.29. The van der Waals surface area contributed by atoms with Crippen LogP contribution in [-0.2, 0) is 0 Å². The van der Waals surface area contributed by atoms with Gasteiger partial charge in [0, 0.05) is 0 Å². The van der Waals surface area contributed by atoms with Crippen LogP contribution in [0.15, 0.2) is 18.2 Å². The molecule has 90 valence electrons. The van der Waals surface area contributed by atoms with Gasteiger partial charge in [0.25, 0.3) is 0 Å². The number of rotatable bonds is 3. The molecule has 1 atom stereocenters. The van der Waals surface area contributed by atoms with Crippen molar-refractivity contribution >= 4 is 0 Å². The highest BCUT2D eigenvalue weighted by atomic mass is 19.4. The molecule has 1 aromatic rings. The molecule has 1 rings (SSSR count). The second kappa shape index (κ2) is 4.80. The third-order valence-electron chi connectivity index (χ3n) is 2.22. The maximum atomic E-state index is 12.9. The van der Waals surface area contributed by atoms with Crippen molar-refractivity contribution in [1.29, 1.82) is 0 Å². The van der Waals surface area contributed by atoms with Crippen molar-refractivity contribution in [1.82, 2.24) is 5.43 Å². The first-order chi connectivity index (χ1) is 7.33. The molecule has 6 heteroatoms. The maximum absolute atomic E-state index is 12.9. The number of hydrogen-bond donors (Lipinski definition) is 2. The summed E-state index contributed by atoms with van der Waals surface area (Å²) in [4.78, 5) is 0. The Morgan fingerprint density at radius 1 is 1.38 bits per heavy atom. The summed E-state index contributed by atoms with van der Waals surface area (Å²) in [5, 5.41) is 0. The Balaban J connectivity index is 2.91. The van der Waals surface area contributed by atoms with E-state index in [1.165, 1.54) is 19.1 Å². The van der Waals surface area contributed by atoms with Gasteiger partial charge in [0.1, 0.15) is 5.82 Å². The minimum atomic E-state index is -4.32. The van der Waals surface area contributed by atoms with Crippen molar-refractivity contribution < 1.29 is 17.6 Å². The molecule has 16 heavy (non-hydrogen) atoms. The van der Waals surface area contributed by atoms with E-state index < -0.39 is 24.5 Å². The van der Waals surface area contributed by atoms with Gasteiger partial charge in [-0.05, 0) is 24.1 Å². The van der Waals surface area contributed by atoms with Crippen molar-refractivity contribution in [2.45, 2.75) is 25.6 Å². The third kappa shape index (κ3) is 3.46. The fourth-order valence-corrected chi connectivity index (χ4v) is 1.39. The predicted molar refractivity (Wildman–Crippen MR) is 51.9 cm³/mol. The van der Waals surface area contributed by atoms with Crippen LogP contribution in [0.1, 0.15) is 23.6 Å². The number of nitrogens with one attached hydrogen (secondary N) is 1. The zero-order valence-corrected chi connectivity index (χ0v) is 8.61. The quantitative estimate of drug-likeness (QED) is 0.481. The smallest absolute Gasteiger partial charge is 0.271 e. The summed E-state index contributed by atoms with van der Waals surface area (Å²) >= 11 is 0. The Morgan fingerprint density at radius 2 is 2.00 bits per heavy atom. The highest BCUT2D eigenvalue weighted by Gasteiger charge is 2.32. The summed E-state index contributed by atoms with van der Waals surface area (Å²) in [6.07, 6.45) is -5.41. The number of hydrazine groups is 1. The summed E-state index contributed by atoms with van der Waals surface area (Å²) in [5.41, 5.74) is 2.69. The van der Waals surface area contributed by atoms with E-state index in [1.807, 2.05) is 0 Å². The molecule has 0 radical (unpaired) electrons. The van der Waals surface area contributed by atoms with Crippen molar-refractivity contribution in [3.63, 3.8) is 0 Å². The van der Waals surface area contributed by atoms with Gasteiger partial charge in [-0.1, -0.05) is 12.1 Å². The summed E-state index contributed by atoms with van der Waals surface area (Å²) in [6.45, 7) is 1.49. The Kier molecular flexibility index (Phi) is 3.88. The van der Waals surface area contributed by atoms with Gasteiger partial charge in [0.15, 0.2) is 0 Å². The molecular formula is C10H12F4N2. The van der Waals surface area contributed by atoms with Crippen molar-refractivity contribution in [2.24, 2.45) is 5.84 Å². The van der Waals surface area contributed by atoms with Gasteiger partial charge in [0.05, 0.1) is 12.5 Å². The Labute approximate surface area is 90.4 Å². The normalized spacial score (nSPS) is 13.9. The molecule has 0 aliphatic carbocycles. The molecule has 0 amide bonds. The topological polar surface area (TPSA) is 38.0 Å². The molecule has 0 spiro atoms. The van der Waals surface area contributed by atoms with Crippen LogP contribution < -0.4 is 11.3 Å². The average Bonchev–Trinajstić information content (AvgIpc) is 2.17. The lowest BCUT2D eigenvalue weighted by Crippen LogP contribution is -2.31. The molecule has 0 aliphatic rings. The van der Waals surface area contributed by atoms with Crippen LogP contribution in [0.2, 0.25) is 0 Å². The molecular weight excluding hydrogens is 224 g/mol. The minimum absolute atomic E-state index is 0.292. The van der Waals surface area contributed by atoms with Crippen molar-refractivity contribution in [3.8, 4) is 0 Å². The van der Waals surface area contributed by atoms with E-state index in [9.17, 15) is 17.6 Å². The van der Waals surface area contributed by atoms with Gasteiger partial charge in [-0.25, -0.2) is 4.39 Å². The maximum Gasteiger partial charge on any atom is 0.390 e. The Hall–Kier alpha value is -1.14. The second-order valence-electron chi connectivity index (χ2n) is 3.55. The zero-order valence-electron chi connectivity index (χ0n) is 8.61. The van der Waals surface area contributed by atoms with Crippen molar-refractivity contribution in [2.75, 3.05) is 0 Å². The first-order valence-electron chi connectivity index (χ1n) is 4.62. The SMILES string of the molecule is Cc1cc(C(CC(F)(F)F)NN)ccc1F. The third-order valence-corrected chi connectivity index (χ3v) is 2.22. The van der Waals surface area contributed by atoms with E-state index in [0.29, 0.717) is 11.1 Å². The van der Waals surface area contributed by atoms with Gasteiger partial charge >= 0.3 is 6.18 Å². The molecule has 0 aliphatic heterocycles. The van der Waals surface area contributed by atoms with Crippen LogP contribution >= 0.6 is 0 Å². The van der Waals surface area contributed by atoms with E-state index in [1.54, 1.807) is 0 Å². The van der Waals surface area contributed by atoms with E-state index in [4.69, 9.17) is 5.84 Å². The van der Waals surface area contributed by atoms with Gasteiger partial charge in [-0.3, -0.25) is 11.3 Å². The van der Waals surface area contributed by atoms with Gasteiger partial charge in [-0.15, -0.1) is 0 Å². The number of hydrogen-bond acceptors (Lipinski definition) is 2. The van der Waals surface area contributed by atoms with Crippen LogP contribution in [0.4, 0.5) is 17.6 Å². The monoisotopic (exact) mass is 236 g/mol. The fraction of sp³-hybridized carbons (Fsp3) is 0.400. The number of halogens is 4. The van der Waals surface area contributed by atoms with E-state index in [2.05, 4.69) is 5.43 Å². The molecule has 0 saturated heterocycles. The van der Waals surface area contributed by atoms with Crippen LogP contribution in [0.25, 0.3) is 0 Å². The highest BCUT2D eigenvalue weighted by molar-refractivity contribution is 5.26. The molecule has 1 unspecified atom stereocenters. The molecule has 1 aromatic carbocycles. The fourth-order valence-electron chi connectivity index (χ4n) is 1.39. The summed E-state index contributed by atoms with van der Waals surface area (Å²) < 4.78 is 49.5. The van der Waals surface area contributed by atoms with Gasteiger partial charge < -0.3 is 0 Å². The summed E-state index contributed by atoms with van der Waals surface area (Å²) in [6, 6.07) is 2.72. The number of nitrogens with two attached hydrogens (primary N) is 1. The molecule has 2 nitrogen and oxygen atoms in total. The summed E-state index contributed by atoms with van der Waals surface area (Å²) in [7, 11) is 0. The van der Waals surface area contributed by atoms with Crippen LogP contribution in [0, 0.1) is 12.7 Å². The number of benzene rings is 1. The van der Waals surface area contributed by atoms with Gasteiger partial charge in [0.2, 0.25) is 0 Å². The standard InChI is InChI=1S/C10H12F4N2/c1-6-4-7(2-3-8(6)11)9(16-15)5-10(12,13)14/h2-4,9,16H,5,15H2,1H3. The van der Waals surface area contributed by atoms with E-state index in [0.717, 1.165) is 6.07 Å². The molecule has 0 aromatic heterocycles. The number of aryl methyl sites for hydroxylation is 1. The molecule has 0 bridgehead atoms. The molecule has 0 heterocycles. The lowest BCUT2D eigenvalue weighted by molar-refractivity contribution is -0.140. The molecule has 0 fully saturated rings.